The second-order valence-electron chi connectivity index (χ2n) is 4.93. The van der Waals surface area contributed by atoms with E-state index in [4.69, 9.17) is 0 Å². The molecule has 0 bridgehead atoms. The van der Waals surface area contributed by atoms with Crippen molar-refractivity contribution in [3.05, 3.63) is 28.2 Å². The summed E-state index contributed by atoms with van der Waals surface area (Å²) in [6.07, 6.45) is 2.04. The standard InChI is InChI=1S/C12H13N3O4S/c16-9-4-3-7(13-14-9)10(17)15-8(12(18)19)5-20-11(15)6-1-2-6/h3-4,6,8,11H,1-2,5H2,(H,14,16)(H,18,19). The molecule has 0 spiro atoms. The van der Waals surface area contributed by atoms with Gasteiger partial charge in [-0.2, -0.15) is 5.10 Å². The van der Waals surface area contributed by atoms with Crippen molar-refractivity contribution in [2.45, 2.75) is 24.3 Å². The van der Waals surface area contributed by atoms with Crippen LogP contribution in [-0.2, 0) is 4.79 Å². The van der Waals surface area contributed by atoms with E-state index in [1.165, 1.54) is 28.8 Å². The zero-order valence-electron chi connectivity index (χ0n) is 10.5. The van der Waals surface area contributed by atoms with Gasteiger partial charge in [-0.3, -0.25) is 9.59 Å². The number of amides is 1. The van der Waals surface area contributed by atoms with Crippen molar-refractivity contribution >= 4 is 23.6 Å². The normalized spacial score (nSPS) is 25.7. The van der Waals surface area contributed by atoms with E-state index in [0.29, 0.717) is 11.7 Å². The van der Waals surface area contributed by atoms with Crippen LogP contribution in [0.4, 0.5) is 0 Å². The highest BCUT2D eigenvalue weighted by molar-refractivity contribution is 8.00. The number of nitrogens with zero attached hydrogens (tertiary/aromatic N) is 2. The number of hydrogen-bond acceptors (Lipinski definition) is 5. The number of carbonyl (C=O) groups excluding carboxylic acids is 1. The number of carbonyl (C=O) groups is 2. The van der Waals surface area contributed by atoms with E-state index in [-0.39, 0.29) is 11.1 Å². The molecule has 2 aliphatic rings. The number of thioether (sulfide) groups is 1. The molecule has 1 amide bonds. The minimum absolute atomic E-state index is 0.0731. The van der Waals surface area contributed by atoms with Crippen LogP contribution in [0.3, 0.4) is 0 Å². The number of H-pyrrole nitrogens is 1. The Balaban J connectivity index is 1.90. The first-order chi connectivity index (χ1) is 9.58. The average molecular weight is 295 g/mol. The number of aliphatic carboxylic acids is 1. The lowest BCUT2D eigenvalue weighted by atomic mass is 10.2. The third-order valence-electron chi connectivity index (χ3n) is 3.48. The van der Waals surface area contributed by atoms with Crippen molar-refractivity contribution < 1.29 is 14.7 Å². The van der Waals surface area contributed by atoms with Gasteiger partial charge in [0.1, 0.15) is 11.7 Å². The molecule has 0 radical (unpaired) electrons. The summed E-state index contributed by atoms with van der Waals surface area (Å²) in [5.41, 5.74) is -0.324. The summed E-state index contributed by atoms with van der Waals surface area (Å²) in [4.78, 5) is 36.2. The summed E-state index contributed by atoms with van der Waals surface area (Å²) in [6, 6.07) is 1.71. The van der Waals surface area contributed by atoms with Crippen LogP contribution >= 0.6 is 11.8 Å². The molecule has 1 saturated carbocycles. The van der Waals surface area contributed by atoms with E-state index in [1.807, 2.05) is 0 Å². The Morgan fingerprint density at radius 1 is 1.40 bits per heavy atom. The molecule has 1 aromatic rings. The second-order valence-corrected chi connectivity index (χ2v) is 6.08. The second kappa shape index (κ2) is 4.93. The molecule has 7 nitrogen and oxygen atoms in total. The van der Waals surface area contributed by atoms with Crippen LogP contribution in [-0.4, -0.2) is 49.2 Å². The average Bonchev–Trinajstić information content (AvgIpc) is 3.17. The van der Waals surface area contributed by atoms with Gasteiger partial charge in [0.2, 0.25) is 0 Å². The molecule has 1 aliphatic carbocycles. The Morgan fingerprint density at radius 2 is 2.15 bits per heavy atom. The molecule has 2 N–H and O–H groups in total. The smallest absolute Gasteiger partial charge is 0.327 e. The number of hydrogen-bond donors (Lipinski definition) is 2. The van der Waals surface area contributed by atoms with Gasteiger partial charge in [-0.05, 0) is 24.8 Å². The molecule has 1 aromatic heterocycles. The van der Waals surface area contributed by atoms with Crippen molar-refractivity contribution in [1.82, 2.24) is 15.1 Å². The summed E-state index contributed by atoms with van der Waals surface area (Å²) in [5, 5.41) is 15.1. The van der Waals surface area contributed by atoms with E-state index in [1.54, 1.807) is 0 Å². The molecule has 106 valence electrons. The summed E-state index contributed by atoms with van der Waals surface area (Å²) in [6.45, 7) is 0. The van der Waals surface area contributed by atoms with E-state index in [0.717, 1.165) is 12.8 Å². The van der Waals surface area contributed by atoms with Crippen molar-refractivity contribution in [2.75, 3.05) is 5.75 Å². The van der Waals surface area contributed by atoms with Crippen molar-refractivity contribution in [1.29, 1.82) is 0 Å². The summed E-state index contributed by atoms with van der Waals surface area (Å²) in [5.74, 6) is -0.670. The highest BCUT2D eigenvalue weighted by Crippen LogP contribution is 2.45. The van der Waals surface area contributed by atoms with Crippen molar-refractivity contribution in [3.8, 4) is 0 Å². The van der Waals surface area contributed by atoms with Crippen LogP contribution < -0.4 is 5.56 Å². The first-order valence-corrected chi connectivity index (χ1v) is 7.35. The molecular formula is C12H13N3O4S. The highest BCUT2D eigenvalue weighted by atomic mass is 32.2. The van der Waals surface area contributed by atoms with Gasteiger partial charge in [0.05, 0.1) is 5.37 Å². The van der Waals surface area contributed by atoms with E-state index < -0.39 is 23.5 Å². The van der Waals surface area contributed by atoms with Gasteiger partial charge < -0.3 is 10.0 Å². The van der Waals surface area contributed by atoms with E-state index in [2.05, 4.69) is 10.2 Å². The Kier molecular flexibility index (Phi) is 3.25. The van der Waals surface area contributed by atoms with Gasteiger partial charge in [0, 0.05) is 11.8 Å². The topological polar surface area (TPSA) is 103 Å². The lowest BCUT2D eigenvalue weighted by molar-refractivity contribution is -0.141. The predicted molar refractivity (Wildman–Crippen MR) is 71.4 cm³/mol. The molecule has 1 aliphatic heterocycles. The van der Waals surface area contributed by atoms with Crippen LogP contribution in [0.2, 0.25) is 0 Å². The third kappa shape index (κ3) is 2.31. The van der Waals surface area contributed by atoms with E-state index >= 15 is 0 Å². The third-order valence-corrected chi connectivity index (χ3v) is 4.94. The number of rotatable bonds is 3. The van der Waals surface area contributed by atoms with Crippen LogP contribution in [0, 0.1) is 5.92 Å². The fraction of sp³-hybridized carbons (Fsp3) is 0.500. The fourth-order valence-electron chi connectivity index (χ4n) is 2.32. The summed E-state index contributed by atoms with van der Waals surface area (Å²) in [7, 11) is 0. The molecule has 2 atom stereocenters. The molecule has 20 heavy (non-hydrogen) atoms. The Bertz CT molecular complexity index is 592. The highest BCUT2D eigenvalue weighted by Gasteiger charge is 2.48. The number of aromatic nitrogens is 2. The maximum absolute atomic E-state index is 12.5. The van der Waals surface area contributed by atoms with Gasteiger partial charge in [0.25, 0.3) is 11.5 Å². The SMILES string of the molecule is O=C(O)C1CSC(C2CC2)N1C(=O)c1ccc(=O)[nH]n1. The summed E-state index contributed by atoms with van der Waals surface area (Å²) >= 11 is 1.51. The monoisotopic (exact) mass is 295 g/mol. The van der Waals surface area contributed by atoms with Gasteiger partial charge in [-0.25, -0.2) is 9.89 Å². The zero-order valence-corrected chi connectivity index (χ0v) is 11.3. The van der Waals surface area contributed by atoms with Gasteiger partial charge in [0.15, 0.2) is 0 Å². The quantitative estimate of drug-likeness (QED) is 0.822. The molecule has 2 unspecified atom stereocenters. The number of aromatic amines is 1. The zero-order chi connectivity index (χ0) is 14.3. The lowest BCUT2D eigenvalue weighted by Crippen LogP contribution is -2.46. The maximum atomic E-state index is 12.5. The van der Waals surface area contributed by atoms with Crippen LogP contribution in [0.15, 0.2) is 16.9 Å². The van der Waals surface area contributed by atoms with Crippen LogP contribution in [0.1, 0.15) is 23.3 Å². The molecular weight excluding hydrogens is 282 g/mol. The minimum atomic E-state index is -1.00. The fourth-order valence-corrected chi connectivity index (χ4v) is 3.95. The largest absolute Gasteiger partial charge is 0.480 e. The van der Waals surface area contributed by atoms with E-state index in [9.17, 15) is 19.5 Å². The maximum Gasteiger partial charge on any atom is 0.327 e. The lowest BCUT2D eigenvalue weighted by Gasteiger charge is -2.26. The molecule has 1 saturated heterocycles. The van der Waals surface area contributed by atoms with Gasteiger partial charge >= 0.3 is 5.97 Å². The van der Waals surface area contributed by atoms with Gasteiger partial charge in [-0.15, -0.1) is 11.8 Å². The number of nitrogens with one attached hydrogen (secondary N) is 1. The molecule has 2 fully saturated rings. The number of carboxylic acid groups (broad SMARTS) is 1. The Hall–Kier alpha value is -1.83. The molecule has 8 heteroatoms. The first-order valence-electron chi connectivity index (χ1n) is 6.31. The van der Waals surface area contributed by atoms with Crippen LogP contribution in [0.25, 0.3) is 0 Å². The van der Waals surface area contributed by atoms with Crippen molar-refractivity contribution in [3.63, 3.8) is 0 Å². The molecule has 2 heterocycles. The van der Waals surface area contributed by atoms with Crippen molar-refractivity contribution in [2.24, 2.45) is 5.92 Å². The Morgan fingerprint density at radius 3 is 2.70 bits per heavy atom. The number of carboxylic acids is 1. The minimum Gasteiger partial charge on any atom is -0.480 e. The first kappa shape index (κ1) is 13.2. The predicted octanol–water partition coefficient (Wildman–Crippen LogP) is 0.148. The van der Waals surface area contributed by atoms with Gasteiger partial charge in [-0.1, -0.05) is 0 Å². The molecule has 0 aromatic carbocycles. The molecule has 3 rings (SSSR count). The van der Waals surface area contributed by atoms with Crippen LogP contribution in [0.5, 0.6) is 0 Å². The summed E-state index contributed by atoms with van der Waals surface area (Å²) < 4.78 is 0. The Labute approximate surface area is 118 Å².